The van der Waals surface area contributed by atoms with E-state index in [2.05, 4.69) is 4.90 Å². The van der Waals surface area contributed by atoms with Gasteiger partial charge in [-0.2, -0.15) is 0 Å². The predicted molar refractivity (Wildman–Crippen MR) is 70.0 cm³/mol. The average molecular weight is 244 g/mol. The van der Waals surface area contributed by atoms with Crippen LogP contribution < -0.4 is 5.73 Å². The number of aliphatic hydroxyl groups is 1. The second kappa shape index (κ2) is 8.86. The molecule has 3 N–H and O–H groups in total. The molecule has 1 aliphatic rings. The Labute approximate surface area is 105 Å². The topological polar surface area (TPSA) is 58.7 Å². The van der Waals surface area contributed by atoms with Gasteiger partial charge >= 0.3 is 0 Å². The summed E-state index contributed by atoms with van der Waals surface area (Å²) in [4.78, 5) is 2.41. The van der Waals surface area contributed by atoms with Crippen LogP contribution in [0.3, 0.4) is 0 Å². The van der Waals surface area contributed by atoms with Gasteiger partial charge in [-0.15, -0.1) is 0 Å². The lowest BCUT2D eigenvalue weighted by molar-refractivity contribution is 0.0443. The first-order valence-corrected chi connectivity index (χ1v) is 6.98. The van der Waals surface area contributed by atoms with Crippen molar-refractivity contribution in [1.29, 1.82) is 0 Å². The van der Waals surface area contributed by atoms with E-state index < -0.39 is 0 Å². The van der Waals surface area contributed by atoms with Crippen LogP contribution in [0, 0.1) is 0 Å². The van der Waals surface area contributed by atoms with Crippen molar-refractivity contribution in [3.63, 3.8) is 0 Å². The molecule has 17 heavy (non-hydrogen) atoms. The third-order valence-electron chi connectivity index (χ3n) is 3.61. The van der Waals surface area contributed by atoms with Crippen molar-refractivity contribution in [3.8, 4) is 0 Å². The largest absolute Gasteiger partial charge is 0.395 e. The minimum Gasteiger partial charge on any atom is -0.395 e. The van der Waals surface area contributed by atoms with Crippen LogP contribution in [0.1, 0.15) is 39.0 Å². The molecule has 0 aromatic rings. The Hall–Kier alpha value is -0.160. The van der Waals surface area contributed by atoms with Gasteiger partial charge in [-0.25, -0.2) is 0 Å². The van der Waals surface area contributed by atoms with Crippen molar-refractivity contribution >= 4 is 0 Å². The number of nitrogens with two attached hydrogens (primary N) is 1. The second-order valence-electron chi connectivity index (χ2n) is 4.82. The zero-order valence-corrected chi connectivity index (χ0v) is 11.1. The molecule has 0 spiro atoms. The van der Waals surface area contributed by atoms with Crippen LogP contribution >= 0.6 is 0 Å². The fourth-order valence-corrected chi connectivity index (χ4v) is 2.55. The summed E-state index contributed by atoms with van der Waals surface area (Å²) >= 11 is 0. The summed E-state index contributed by atoms with van der Waals surface area (Å²) < 4.78 is 5.57. The second-order valence-corrected chi connectivity index (χ2v) is 4.82. The lowest BCUT2D eigenvalue weighted by atomic mass is 10.1. The molecule has 0 amide bonds. The Morgan fingerprint density at radius 2 is 2.24 bits per heavy atom. The Kier molecular flexibility index (Phi) is 7.77. The number of rotatable bonds is 7. The summed E-state index contributed by atoms with van der Waals surface area (Å²) in [5, 5.41) is 9.41. The summed E-state index contributed by atoms with van der Waals surface area (Å²) in [5.74, 6) is 0. The third kappa shape index (κ3) is 5.34. The minimum absolute atomic E-state index is 0.169. The molecule has 1 saturated heterocycles. The maximum atomic E-state index is 9.41. The number of hydrogen-bond donors (Lipinski definition) is 2. The molecule has 0 aromatic carbocycles. The molecule has 1 aliphatic heterocycles. The fourth-order valence-electron chi connectivity index (χ4n) is 2.55. The van der Waals surface area contributed by atoms with Crippen molar-refractivity contribution in [2.45, 2.75) is 51.2 Å². The summed E-state index contributed by atoms with van der Waals surface area (Å²) in [5.41, 5.74) is 5.68. The van der Waals surface area contributed by atoms with E-state index in [0.29, 0.717) is 12.6 Å². The molecule has 0 radical (unpaired) electrons. The number of nitrogens with zero attached hydrogens (tertiary/aromatic N) is 1. The van der Waals surface area contributed by atoms with Crippen molar-refractivity contribution in [2.75, 3.05) is 32.8 Å². The maximum Gasteiger partial charge on any atom is 0.0709 e. The highest BCUT2D eigenvalue weighted by Gasteiger charge is 2.20. The quantitative estimate of drug-likeness (QED) is 0.701. The molecule has 0 aliphatic carbocycles. The van der Waals surface area contributed by atoms with Crippen molar-refractivity contribution in [3.05, 3.63) is 0 Å². The van der Waals surface area contributed by atoms with Crippen LogP contribution in [0.15, 0.2) is 0 Å². The lowest BCUT2D eigenvalue weighted by Gasteiger charge is -2.29. The lowest BCUT2D eigenvalue weighted by Crippen LogP contribution is -2.40. The molecule has 4 heteroatoms. The van der Waals surface area contributed by atoms with E-state index in [4.69, 9.17) is 10.5 Å². The van der Waals surface area contributed by atoms with Gasteiger partial charge < -0.3 is 15.6 Å². The molecule has 1 rings (SSSR count). The Morgan fingerprint density at radius 3 is 2.88 bits per heavy atom. The van der Waals surface area contributed by atoms with Crippen molar-refractivity contribution < 1.29 is 9.84 Å². The van der Waals surface area contributed by atoms with Gasteiger partial charge in [-0.1, -0.05) is 12.8 Å². The summed E-state index contributed by atoms with van der Waals surface area (Å²) in [7, 11) is 0. The van der Waals surface area contributed by atoms with Crippen LogP contribution in [0.4, 0.5) is 0 Å². The number of likely N-dealkylation sites (tertiary alicyclic amines) is 1. The van der Waals surface area contributed by atoms with E-state index in [9.17, 15) is 5.11 Å². The van der Waals surface area contributed by atoms with Gasteiger partial charge in [-0.3, -0.25) is 4.90 Å². The summed E-state index contributed by atoms with van der Waals surface area (Å²) in [6.45, 7) is 5.70. The highest BCUT2D eigenvalue weighted by Crippen LogP contribution is 2.17. The van der Waals surface area contributed by atoms with E-state index in [-0.39, 0.29) is 12.7 Å². The van der Waals surface area contributed by atoms with Crippen LogP contribution in [0.5, 0.6) is 0 Å². The van der Waals surface area contributed by atoms with Gasteiger partial charge in [0.1, 0.15) is 0 Å². The molecule has 0 saturated carbocycles. The van der Waals surface area contributed by atoms with E-state index >= 15 is 0 Å². The van der Waals surface area contributed by atoms with E-state index in [1.54, 1.807) is 0 Å². The number of ether oxygens (including phenoxy) is 1. The Balaban J connectivity index is 2.35. The van der Waals surface area contributed by atoms with Crippen LogP contribution in [-0.4, -0.2) is 55.0 Å². The first-order chi connectivity index (χ1) is 8.31. The highest BCUT2D eigenvalue weighted by molar-refractivity contribution is 4.76. The zero-order chi connectivity index (χ0) is 12.5. The third-order valence-corrected chi connectivity index (χ3v) is 3.61. The Bertz CT molecular complexity index is 190. The maximum absolute atomic E-state index is 9.41. The van der Waals surface area contributed by atoms with E-state index in [0.717, 1.165) is 32.5 Å². The molecule has 0 aromatic heterocycles. The fraction of sp³-hybridized carbons (Fsp3) is 1.00. The first-order valence-electron chi connectivity index (χ1n) is 6.98. The van der Waals surface area contributed by atoms with Gasteiger partial charge in [0.25, 0.3) is 0 Å². The van der Waals surface area contributed by atoms with Crippen LogP contribution in [0.2, 0.25) is 0 Å². The average Bonchev–Trinajstić information content (AvgIpc) is 2.59. The minimum atomic E-state index is 0.169. The predicted octanol–water partition coefficient (Wildman–Crippen LogP) is 0.977. The SMILES string of the molecule is CCOC(CN)CCN1CCCCCC1CO. The smallest absolute Gasteiger partial charge is 0.0709 e. The van der Waals surface area contributed by atoms with Crippen molar-refractivity contribution in [1.82, 2.24) is 4.90 Å². The molecule has 1 fully saturated rings. The molecular weight excluding hydrogens is 216 g/mol. The molecule has 2 unspecified atom stereocenters. The molecule has 4 nitrogen and oxygen atoms in total. The molecule has 2 atom stereocenters. The van der Waals surface area contributed by atoms with E-state index in [1.807, 2.05) is 6.92 Å². The first kappa shape index (κ1) is 14.9. The molecule has 0 bridgehead atoms. The van der Waals surface area contributed by atoms with Gasteiger partial charge in [0.05, 0.1) is 12.7 Å². The number of aliphatic hydroxyl groups excluding tert-OH is 1. The molecule has 102 valence electrons. The summed E-state index contributed by atoms with van der Waals surface area (Å²) in [6.07, 6.45) is 6.05. The summed E-state index contributed by atoms with van der Waals surface area (Å²) in [6, 6.07) is 0.345. The van der Waals surface area contributed by atoms with Crippen LogP contribution in [0.25, 0.3) is 0 Å². The standard InChI is InChI=1S/C13H28N2O2/c1-2-17-13(10-14)7-9-15-8-5-3-4-6-12(15)11-16/h12-13,16H,2-11,14H2,1H3. The van der Waals surface area contributed by atoms with E-state index in [1.165, 1.54) is 19.3 Å². The van der Waals surface area contributed by atoms with Crippen molar-refractivity contribution in [2.24, 2.45) is 5.73 Å². The Morgan fingerprint density at radius 1 is 1.41 bits per heavy atom. The van der Waals surface area contributed by atoms with Gasteiger partial charge in [-0.05, 0) is 32.7 Å². The molecular formula is C13H28N2O2. The van der Waals surface area contributed by atoms with Gasteiger partial charge in [0.15, 0.2) is 0 Å². The normalized spacial score (nSPS) is 24.5. The zero-order valence-electron chi connectivity index (χ0n) is 11.1. The highest BCUT2D eigenvalue weighted by atomic mass is 16.5. The number of hydrogen-bond acceptors (Lipinski definition) is 4. The van der Waals surface area contributed by atoms with Crippen LogP contribution in [-0.2, 0) is 4.74 Å². The molecule has 1 heterocycles. The monoisotopic (exact) mass is 244 g/mol. The van der Waals surface area contributed by atoms with Gasteiger partial charge in [0.2, 0.25) is 0 Å². The van der Waals surface area contributed by atoms with Gasteiger partial charge in [0, 0.05) is 25.7 Å².